The number of hydrogen-bond acceptors (Lipinski definition) is 1. The van der Waals surface area contributed by atoms with Crippen molar-refractivity contribution in [1.29, 1.82) is 0 Å². The van der Waals surface area contributed by atoms with Crippen LogP contribution < -0.4 is 5.32 Å². The van der Waals surface area contributed by atoms with Crippen LogP contribution >= 0.6 is 27.5 Å². The van der Waals surface area contributed by atoms with E-state index in [-0.39, 0.29) is 16.9 Å². The SMILES string of the molecule is CNC(Cc1ccc(F)c(Br)c1)c1ccc(F)c(Cl)c1. The van der Waals surface area contributed by atoms with E-state index in [4.69, 9.17) is 11.6 Å². The molecule has 0 aliphatic rings. The number of likely N-dealkylation sites (N-methyl/N-ethyl adjacent to an activating group) is 1. The van der Waals surface area contributed by atoms with Crippen LogP contribution in [0.1, 0.15) is 17.2 Å². The van der Waals surface area contributed by atoms with Gasteiger partial charge in [-0.15, -0.1) is 0 Å². The Morgan fingerprint density at radius 2 is 1.85 bits per heavy atom. The molecule has 2 aromatic rings. The van der Waals surface area contributed by atoms with Crippen LogP contribution in [0.15, 0.2) is 40.9 Å². The van der Waals surface area contributed by atoms with E-state index in [1.165, 1.54) is 12.1 Å². The molecule has 0 saturated heterocycles. The Hall–Kier alpha value is -0.970. The molecule has 0 bridgehead atoms. The molecular weight excluding hydrogens is 348 g/mol. The fourth-order valence-corrected chi connectivity index (χ4v) is 2.63. The van der Waals surface area contributed by atoms with Crippen LogP contribution in [0.5, 0.6) is 0 Å². The van der Waals surface area contributed by atoms with Gasteiger partial charge in [-0.25, -0.2) is 8.78 Å². The largest absolute Gasteiger partial charge is 0.313 e. The van der Waals surface area contributed by atoms with Crippen molar-refractivity contribution < 1.29 is 8.78 Å². The van der Waals surface area contributed by atoms with E-state index in [9.17, 15) is 8.78 Å². The number of benzene rings is 2. The summed E-state index contributed by atoms with van der Waals surface area (Å²) in [5, 5.41) is 3.26. The lowest BCUT2D eigenvalue weighted by Crippen LogP contribution is -2.19. The van der Waals surface area contributed by atoms with Crippen LogP contribution in [0.4, 0.5) is 8.78 Å². The molecule has 106 valence electrons. The van der Waals surface area contributed by atoms with Gasteiger partial charge in [0.15, 0.2) is 0 Å². The molecule has 1 N–H and O–H groups in total. The third-order valence-corrected chi connectivity index (χ3v) is 4.02. The summed E-state index contributed by atoms with van der Waals surface area (Å²) in [6.45, 7) is 0. The Morgan fingerprint density at radius 1 is 1.15 bits per heavy atom. The standard InChI is InChI=1S/C15H13BrClF2N/c1-20-15(10-3-5-14(19)12(17)8-10)7-9-2-4-13(18)11(16)6-9/h2-6,8,15,20H,7H2,1H3. The van der Waals surface area contributed by atoms with Crippen LogP contribution in [-0.4, -0.2) is 7.05 Å². The fraction of sp³-hybridized carbons (Fsp3) is 0.200. The van der Waals surface area contributed by atoms with Gasteiger partial charge in [-0.2, -0.15) is 0 Å². The fourth-order valence-electron chi connectivity index (χ4n) is 2.02. The van der Waals surface area contributed by atoms with Crippen LogP contribution in [0, 0.1) is 11.6 Å². The van der Waals surface area contributed by atoms with E-state index in [0.717, 1.165) is 11.1 Å². The zero-order valence-corrected chi connectivity index (χ0v) is 13.1. The first-order valence-electron chi connectivity index (χ1n) is 6.07. The summed E-state index contributed by atoms with van der Waals surface area (Å²) in [6, 6.07) is 9.52. The molecule has 0 fully saturated rings. The van der Waals surface area contributed by atoms with Crippen molar-refractivity contribution in [1.82, 2.24) is 5.32 Å². The Bertz CT molecular complexity index is 619. The molecule has 1 unspecified atom stereocenters. The predicted octanol–water partition coefficient (Wildman–Crippen LogP) is 4.88. The molecule has 0 heterocycles. The monoisotopic (exact) mass is 359 g/mol. The maximum atomic E-state index is 13.2. The third kappa shape index (κ3) is 3.57. The lowest BCUT2D eigenvalue weighted by Gasteiger charge is -2.17. The molecule has 0 aliphatic carbocycles. The van der Waals surface area contributed by atoms with Gasteiger partial charge in [0, 0.05) is 6.04 Å². The average Bonchev–Trinajstić information content (AvgIpc) is 2.43. The van der Waals surface area contributed by atoms with E-state index in [1.807, 2.05) is 7.05 Å². The highest BCUT2D eigenvalue weighted by Gasteiger charge is 2.13. The van der Waals surface area contributed by atoms with Gasteiger partial charge in [0.05, 0.1) is 9.50 Å². The van der Waals surface area contributed by atoms with Gasteiger partial charge in [0.1, 0.15) is 11.6 Å². The second-order valence-corrected chi connectivity index (χ2v) is 5.73. The molecule has 2 rings (SSSR count). The molecule has 2 aromatic carbocycles. The molecule has 20 heavy (non-hydrogen) atoms. The normalized spacial score (nSPS) is 12.4. The highest BCUT2D eigenvalue weighted by molar-refractivity contribution is 9.10. The Morgan fingerprint density at radius 3 is 2.45 bits per heavy atom. The summed E-state index contributed by atoms with van der Waals surface area (Å²) in [4.78, 5) is 0. The molecule has 0 spiro atoms. The summed E-state index contributed by atoms with van der Waals surface area (Å²) in [5.41, 5.74) is 1.86. The second kappa shape index (κ2) is 6.66. The molecule has 0 amide bonds. The highest BCUT2D eigenvalue weighted by Crippen LogP contribution is 2.25. The maximum Gasteiger partial charge on any atom is 0.141 e. The van der Waals surface area contributed by atoms with E-state index < -0.39 is 5.82 Å². The smallest absolute Gasteiger partial charge is 0.141 e. The molecule has 0 aliphatic heterocycles. The number of rotatable bonds is 4. The topological polar surface area (TPSA) is 12.0 Å². The molecule has 0 radical (unpaired) electrons. The Balaban J connectivity index is 2.23. The molecule has 0 saturated carbocycles. The Kier molecular flexibility index (Phi) is 5.13. The van der Waals surface area contributed by atoms with E-state index in [1.54, 1.807) is 24.3 Å². The van der Waals surface area contributed by atoms with Crippen molar-refractivity contribution in [3.05, 3.63) is 68.7 Å². The molecule has 0 aromatic heterocycles. The lowest BCUT2D eigenvalue weighted by atomic mass is 9.99. The predicted molar refractivity (Wildman–Crippen MR) is 81.0 cm³/mol. The minimum atomic E-state index is -0.435. The van der Waals surface area contributed by atoms with Gasteiger partial charge in [-0.1, -0.05) is 23.7 Å². The number of halogens is 4. The molecule has 1 atom stereocenters. The van der Waals surface area contributed by atoms with Crippen molar-refractivity contribution in [3.8, 4) is 0 Å². The van der Waals surface area contributed by atoms with E-state index in [0.29, 0.717) is 10.9 Å². The van der Waals surface area contributed by atoms with E-state index >= 15 is 0 Å². The highest BCUT2D eigenvalue weighted by atomic mass is 79.9. The summed E-state index contributed by atoms with van der Waals surface area (Å²) < 4.78 is 26.8. The van der Waals surface area contributed by atoms with Gasteiger partial charge in [0.2, 0.25) is 0 Å². The second-order valence-electron chi connectivity index (χ2n) is 4.47. The van der Waals surface area contributed by atoms with E-state index in [2.05, 4.69) is 21.2 Å². The summed E-state index contributed by atoms with van der Waals surface area (Å²) in [6.07, 6.45) is 0.650. The van der Waals surface area contributed by atoms with Crippen molar-refractivity contribution in [3.63, 3.8) is 0 Å². The van der Waals surface area contributed by atoms with Crippen LogP contribution in [0.3, 0.4) is 0 Å². The summed E-state index contributed by atoms with van der Waals surface area (Å²) in [5.74, 6) is -0.727. The first-order valence-corrected chi connectivity index (χ1v) is 7.24. The maximum absolute atomic E-state index is 13.2. The third-order valence-electron chi connectivity index (χ3n) is 3.12. The average molecular weight is 361 g/mol. The zero-order chi connectivity index (χ0) is 14.7. The summed E-state index contributed by atoms with van der Waals surface area (Å²) >= 11 is 8.97. The molecular formula is C15H13BrClF2N. The number of hydrogen-bond donors (Lipinski definition) is 1. The zero-order valence-electron chi connectivity index (χ0n) is 10.8. The lowest BCUT2D eigenvalue weighted by molar-refractivity contribution is 0.582. The number of nitrogens with one attached hydrogen (secondary N) is 1. The summed E-state index contributed by atoms with van der Waals surface area (Å²) in [7, 11) is 1.82. The molecule has 5 heteroatoms. The minimum absolute atomic E-state index is 0.0227. The van der Waals surface area contributed by atoms with Gasteiger partial charge in [-0.05, 0) is 64.8 Å². The molecule has 1 nitrogen and oxygen atoms in total. The van der Waals surface area contributed by atoms with Crippen molar-refractivity contribution in [2.24, 2.45) is 0 Å². The first-order chi connectivity index (χ1) is 9.51. The van der Waals surface area contributed by atoms with Crippen molar-refractivity contribution in [2.45, 2.75) is 12.5 Å². The van der Waals surface area contributed by atoms with Crippen molar-refractivity contribution >= 4 is 27.5 Å². The van der Waals surface area contributed by atoms with Gasteiger partial charge >= 0.3 is 0 Å². The minimum Gasteiger partial charge on any atom is -0.313 e. The van der Waals surface area contributed by atoms with Crippen LogP contribution in [0.25, 0.3) is 0 Å². The van der Waals surface area contributed by atoms with Crippen LogP contribution in [0.2, 0.25) is 5.02 Å². The first kappa shape index (κ1) is 15.4. The van der Waals surface area contributed by atoms with Gasteiger partial charge in [0.25, 0.3) is 0 Å². The quantitative estimate of drug-likeness (QED) is 0.819. The van der Waals surface area contributed by atoms with Crippen molar-refractivity contribution in [2.75, 3.05) is 7.05 Å². The van der Waals surface area contributed by atoms with Gasteiger partial charge in [-0.3, -0.25) is 0 Å². The van der Waals surface area contributed by atoms with Crippen LogP contribution in [-0.2, 0) is 6.42 Å². The Labute approximate surface area is 130 Å². The van der Waals surface area contributed by atoms with Gasteiger partial charge < -0.3 is 5.32 Å².